The molecule has 1 fully saturated rings. The second kappa shape index (κ2) is 5.32. The molecule has 0 aliphatic carbocycles. The lowest BCUT2D eigenvalue weighted by Gasteiger charge is -2.28. The third-order valence-corrected chi connectivity index (χ3v) is 2.65. The van der Waals surface area contributed by atoms with Gasteiger partial charge in [0, 0.05) is 13.1 Å². The lowest BCUT2D eigenvalue weighted by Crippen LogP contribution is -2.45. The Labute approximate surface area is 96.8 Å². The highest BCUT2D eigenvalue weighted by Crippen LogP contribution is 2.13. The molecular weight excluding hydrogens is 202 g/mol. The maximum Gasteiger partial charge on any atom is 0.119 e. The van der Waals surface area contributed by atoms with Crippen molar-refractivity contribution in [1.82, 2.24) is 5.32 Å². The van der Waals surface area contributed by atoms with Crippen LogP contribution in [0.4, 0.5) is 0 Å². The third-order valence-electron chi connectivity index (χ3n) is 2.65. The van der Waals surface area contributed by atoms with Crippen molar-refractivity contribution in [2.24, 2.45) is 0 Å². The standard InChI is InChI=1S/C13H19NO2/c1-10-4-3-5-12(6-10)15-9-13-8-14-7-11(2)16-13/h3-6,11,13-14H,7-9H2,1-2H3/t11-,13-/m1/s1. The van der Waals surface area contributed by atoms with Crippen molar-refractivity contribution < 1.29 is 9.47 Å². The summed E-state index contributed by atoms with van der Waals surface area (Å²) in [5.41, 5.74) is 1.22. The van der Waals surface area contributed by atoms with Crippen LogP contribution < -0.4 is 10.1 Å². The molecule has 1 aliphatic heterocycles. The molecule has 0 saturated carbocycles. The van der Waals surface area contributed by atoms with E-state index in [1.807, 2.05) is 18.2 Å². The monoisotopic (exact) mass is 221 g/mol. The summed E-state index contributed by atoms with van der Waals surface area (Å²) in [6.45, 7) is 6.55. The fourth-order valence-electron chi connectivity index (χ4n) is 1.86. The highest BCUT2D eigenvalue weighted by Gasteiger charge is 2.18. The van der Waals surface area contributed by atoms with E-state index in [4.69, 9.17) is 9.47 Å². The molecule has 0 spiro atoms. The van der Waals surface area contributed by atoms with Crippen molar-refractivity contribution in [3.05, 3.63) is 29.8 Å². The number of rotatable bonds is 3. The average molecular weight is 221 g/mol. The molecule has 16 heavy (non-hydrogen) atoms. The highest BCUT2D eigenvalue weighted by molar-refractivity contribution is 5.27. The van der Waals surface area contributed by atoms with Crippen LogP contribution in [0.2, 0.25) is 0 Å². The number of hydrogen-bond acceptors (Lipinski definition) is 3. The molecule has 2 rings (SSSR count). The summed E-state index contributed by atoms with van der Waals surface area (Å²) in [4.78, 5) is 0. The van der Waals surface area contributed by atoms with Gasteiger partial charge in [-0.1, -0.05) is 12.1 Å². The third kappa shape index (κ3) is 3.22. The van der Waals surface area contributed by atoms with E-state index in [0.717, 1.165) is 18.8 Å². The number of hydrogen-bond donors (Lipinski definition) is 1. The van der Waals surface area contributed by atoms with E-state index in [2.05, 4.69) is 25.2 Å². The minimum absolute atomic E-state index is 0.157. The first-order chi connectivity index (χ1) is 7.74. The second-order valence-corrected chi connectivity index (χ2v) is 4.35. The maximum atomic E-state index is 5.75. The average Bonchev–Trinajstić information content (AvgIpc) is 2.27. The largest absolute Gasteiger partial charge is 0.491 e. The molecular formula is C13H19NO2. The number of benzene rings is 1. The van der Waals surface area contributed by atoms with E-state index in [0.29, 0.717) is 6.61 Å². The summed E-state index contributed by atoms with van der Waals surface area (Å²) in [6.07, 6.45) is 0.434. The van der Waals surface area contributed by atoms with Gasteiger partial charge in [0.1, 0.15) is 18.5 Å². The summed E-state index contributed by atoms with van der Waals surface area (Å²) in [6, 6.07) is 8.09. The molecule has 1 saturated heterocycles. The number of aryl methyl sites for hydroxylation is 1. The SMILES string of the molecule is Cc1cccc(OC[C@H]2CNC[C@@H](C)O2)c1. The van der Waals surface area contributed by atoms with Crippen molar-refractivity contribution >= 4 is 0 Å². The van der Waals surface area contributed by atoms with E-state index in [9.17, 15) is 0 Å². The van der Waals surface area contributed by atoms with Gasteiger partial charge in [0.05, 0.1) is 6.10 Å². The maximum absolute atomic E-state index is 5.75. The number of nitrogens with one attached hydrogen (secondary N) is 1. The van der Waals surface area contributed by atoms with E-state index >= 15 is 0 Å². The van der Waals surface area contributed by atoms with Crippen LogP contribution in [0.25, 0.3) is 0 Å². The zero-order chi connectivity index (χ0) is 11.4. The predicted octanol–water partition coefficient (Wildman–Crippen LogP) is 1.75. The van der Waals surface area contributed by atoms with Gasteiger partial charge in [-0.25, -0.2) is 0 Å². The van der Waals surface area contributed by atoms with Crippen molar-refractivity contribution in [2.75, 3.05) is 19.7 Å². The van der Waals surface area contributed by atoms with Crippen LogP contribution in [0, 0.1) is 6.92 Å². The first-order valence-corrected chi connectivity index (χ1v) is 5.79. The smallest absolute Gasteiger partial charge is 0.119 e. The van der Waals surface area contributed by atoms with Gasteiger partial charge in [-0.2, -0.15) is 0 Å². The Kier molecular flexibility index (Phi) is 3.80. The summed E-state index contributed by atoms with van der Waals surface area (Å²) in [5, 5.41) is 3.33. The molecule has 1 aromatic rings. The summed E-state index contributed by atoms with van der Waals surface area (Å²) < 4.78 is 11.5. The molecule has 1 aromatic carbocycles. The molecule has 1 N–H and O–H groups in total. The molecule has 1 heterocycles. The Bertz CT molecular complexity index is 340. The predicted molar refractivity (Wildman–Crippen MR) is 63.9 cm³/mol. The molecule has 0 aromatic heterocycles. The van der Waals surface area contributed by atoms with Crippen LogP contribution in [-0.4, -0.2) is 31.9 Å². The van der Waals surface area contributed by atoms with Crippen LogP contribution in [0.1, 0.15) is 12.5 Å². The molecule has 0 bridgehead atoms. The van der Waals surface area contributed by atoms with Crippen LogP contribution in [0.3, 0.4) is 0 Å². The Morgan fingerprint density at radius 2 is 2.31 bits per heavy atom. The van der Waals surface area contributed by atoms with Crippen LogP contribution in [0.15, 0.2) is 24.3 Å². The van der Waals surface area contributed by atoms with Gasteiger partial charge >= 0.3 is 0 Å². The molecule has 1 aliphatic rings. The summed E-state index contributed by atoms with van der Waals surface area (Å²) in [5.74, 6) is 0.918. The number of ether oxygens (including phenoxy) is 2. The molecule has 0 radical (unpaired) electrons. The van der Waals surface area contributed by atoms with Gasteiger partial charge in [0.2, 0.25) is 0 Å². The minimum atomic E-state index is 0.157. The van der Waals surface area contributed by atoms with Gasteiger partial charge < -0.3 is 14.8 Å². The van der Waals surface area contributed by atoms with E-state index in [1.165, 1.54) is 5.56 Å². The van der Waals surface area contributed by atoms with Crippen LogP contribution >= 0.6 is 0 Å². The Balaban J connectivity index is 1.82. The van der Waals surface area contributed by atoms with E-state index in [1.54, 1.807) is 0 Å². The summed E-state index contributed by atoms with van der Waals surface area (Å²) >= 11 is 0. The molecule has 3 nitrogen and oxygen atoms in total. The normalized spacial score (nSPS) is 25.4. The van der Waals surface area contributed by atoms with Gasteiger partial charge in [-0.15, -0.1) is 0 Å². The van der Waals surface area contributed by atoms with Crippen molar-refractivity contribution in [3.63, 3.8) is 0 Å². The van der Waals surface area contributed by atoms with Crippen molar-refractivity contribution in [3.8, 4) is 5.75 Å². The van der Waals surface area contributed by atoms with Gasteiger partial charge in [-0.05, 0) is 31.5 Å². The van der Waals surface area contributed by atoms with Gasteiger partial charge in [0.15, 0.2) is 0 Å². The topological polar surface area (TPSA) is 30.5 Å². The lowest BCUT2D eigenvalue weighted by molar-refractivity contribution is -0.0470. The van der Waals surface area contributed by atoms with E-state index < -0.39 is 0 Å². The highest BCUT2D eigenvalue weighted by atomic mass is 16.5. The first kappa shape index (κ1) is 11.4. The molecule has 88 valence electrons. The van der Waals surface area contributed by atoms with E-state index in [-0.39, 0.29) is 12.2 Å². The van der Waals surface area contributed by atoms with Crippen LogP contribution in [0.5, 0.6) is 5.75 Å². The second-order valence-electron chi connectivity index (χ2n) is 4.35. The fourth-order valence-corrected chi connectivity index (χ4v) is 1.86. The molecule has 2 atom stereocenters. The Hall–Kier alpha value is -1.06. The zero-order valence-corrected chi connectivity index (χ0v) is 9.90. The fraction of sp³-hybridized carbons (Fsp3) is 0.538. The van der Waals surface area contributed by atoms with Crippen molar-refractivity contribution in [2.45, 2.75) is 26.1 Å². The quantitative estimate of drug-likeness (QED) is 0.843. The zero-order valence-electron chi connectivity index (χ0n) is 9.90. The van der Waals surface area contributed by atoms with Gasteiger partial charge in [-0.3, -0.25) is 0 Å². The van der Waals surface area contributed by atoms with Gasteiger partial charge in [0.25, 0.3) is 0 Å². The van der Waals surface area contributed by atoms with Crippen molar-refractivity contribution in [1.29, 1.82) is 0 Å². The first-order valence-electron chi connectivity index (χ1n) is 5.79. The molecule has 0 amide bonds. The Morgan fingerprint density at radius 3 is 3.06 bits per heavy atom. The molecule has 0 unspecified atom stereocenters. The lowest BCUT2D eigenvalue weighted by atomic mass is 10.2. The molecule has 3 heteroatoms. The minimum Gasteiger partial charge on any atom is -0.491 e. The summed E-state index contributed by atoms with van der Waals surface area (Å²) in [7, 11) is 0. The van der Waals surface area contributed by atoms with Crippen LogP contribution in [-0.2, 0) is 4.74 Å². The Morgan fingerprint density at radius 1 is 1.44 bits per heavy atom. The number of morpholine rings is 1.